The predicted octanol–water partition coefficient (Wildman–Crippen LogP) is 4.92. The summed E-state index contributed by atoms with van der Waals surface area (Å²) in [5.74, 6) is 1.10. The van der Waals surface area contributed by atoms with Crippen LogP contribution in [-0.2, 0) is 5.75 Å². The first-order valence-electron chi connectivity index (χ1n) is 5.28. The summed E-state index contributed by atoms with van der Waals surface area (Å²) in [4.78, 5) is 0. The van der Waals surface area contributed by atoms with Crippen LogP contribution in [0.15, 0.2) is 42.5 Å². The van der Waals surface area contributed by atoms with Crippen molar-refractivity contribution in [2.24, 2.45) is 0 Å². The maximum absolute atomic E-state index is 2.24. The fraction of sp³-hybridized carbons (Fsp3) is 0.143. The monoisotopic (exact) mass is 244 g/mol. The van der Waals surface area contributed by atoms with E-state index >= 15 is 0 Å². The number of thiophene rings is 1. The van der Waals surface area contributed by atoms with Gasteiger partial charge >= 0.3 is 0 Å². The van der Waals surface area contributed by atoms with E-state index in [9.17, 15) is 0 Å². The fourth-order valence-corrected chi connectivity index (χ4v) is 3.93. The number of benzene rings is 2. The zero-order chi connectivity index (χ0) is 11.0. The number of hydrogen-bond donors (Lipinski definition) is 0. The van der Waals surface area contributed by atoms with Gasteiger partial charge in [-0.05, 0) is 17.9 Å². The minimum atomic E-state index is 1.10. The topological polar surface area (TPSA) is 0 Å². The van der Waals surface area contributed by atoms with Gasteiger partial charge in [-0.3, -0.25) is 0 Å². The van der Waals surface area contributed by atoms with Crippen molar-refractivity contribution in [2.75, 3.05) is 6.26 Å². The molecule has 80 valence electrons. The highest BCUT2D eigenvalue weighted by molar-refractivity contribution is 7.97. The lowest BCUT2D eigenvalue weighted by atomic mass is 10.1. The van der Waals surface area contributed by atoms with Crippen molar-refractivity contribution >= 4 is 43.3 Å². The maximum atomic E-state index is 2.24. The second kappa shape index (κ2) is 4.11. The molecule has 0 saturated heterocycles. The van der Waals surface area contributed by atoms with E-state index in [1.807, 2.05) is 23.1 Å². The normalized spacial score (nSPS) is 11.3. The van der Waals surface area contributed by atoms with Gasteiger partial charge in [0.2, 0.25) is 0 Å². The molecule has 0 unspecified atom stereocenters. The van der Waals surface area contributed by atoms with Gasteiger partial charge in [0.15, 0.2) is 0 Å². The van der Waals surface area contributed by atoms with Gasteiger partial charge in [-0.15, -0.1) is 11.3 Å². The van der Waals surface area contributed by atoms with Gasteiger partial charge in [0.05, 0.1) is 0 Å². The molecule has 1 aromatic heterocycles. The molecule has 3 aromatic rings. The second-order valence-corrected chi connectivity index (χ2v) is 5.74. The quantitative estimate of drug-likeness (QED) is 0.616. The van der Waals surface area contributed by atoms with Crippen molar-refractivity contribution in [3.8, 4) is 0 Å². The van der Waals surface area contributed by atoms with Crippen molar-refractivity contribution in [3.05, 3.63) is 48.0 Å². The first-order chi connectivity index (χ1) is 7.90. The average Bonchev–Trinajstić information content (AvgIpc) is 2.69. The van der Waals surface area contributed by atoms with E-state index in [1.54, 1.807) is 0 Å². The molecule has 3 rings (SSSR count). The highest BCUT2D eigenvalue weighted by atomic mass is 32.2. The van der Waals surface area contributed by atoms with Gasteiger partial charge in [-0.1, -0.05) is 36.4 Å². The Morgan fingerprint density at radius 1 is 1.00 bits per heavy atom. The third kappa shape index (κ3) is 1.53. The summed E-state index contributed by atoms with van der Waals surface area (Å²) in [6.07, 6.45) is 2.16. The van der Waals surface area contributed by atoms with Crippen LogP contribution in [0.5, 0.6) is 0 Å². The number of thioether (sulfide) groups is 1. The van der Waals surface area contributed by atoms with E-state index in [-0.39, 0.29) is 0 Å². The Morgan fingerprint density at radius 2 is 1.81 bits per heavy atom. The highest BCUT2D eigenvalue weighted by Gasteiger charge is 2.07. The van der Waals surface area contributed by atoms with Gasteiger partial charge in [0.1, 0.15) is 0 Å². The van der Waals surface area contributed by atoms with Crippen molar-refractivity contribution in [3.63, 3.8) is 0 Å². The number of hydrogen-bond acceptors (Lipinski definition) is 2. The van der Waals surface area contributed by atoms with Crippen molar-refractivity contribution in [1.82, 2.24) is 0 Å². The summed E-state index contributed by atoms with van der Waals surface area (Å²) in [5, 5.41) is 2.80. The summed E-state index contributed by atoms with van der Waals surface area (Å²) in [6, 6.07) is 15.3. The molecule has 0 aliphatic rings. The van der Waals surface area contributed by atoms with E-state index in [1.165, 1.54) is 25.7 Å². The van der Waals surface area contributed by atoms with Crippen LogP contribution in [0.3, 0.4) is 0 Å². The largest absolute Gasteiger partial charge is 0.161 e. The number of fused-ring (bicyclic) bond motifs is 3. The summed E-state index contributed by atoms with van der Waals surface area (Å²) >= 11 is 3.80. The standard InChI is InChI=1S/C14H12S2/c1-15-9-10-5-4-7-12-11-6-2-3-8-13(11)16-14(10)12/h2-8H,9H2,1H3. The van der Waals surface area contributed by atoms with Crippen LogP contribution in [0.1, 0.15) is 5.56 Å². The second-order valence-electron chi connectivity index (χ2n) is 3.83. The van der Waals surface area contributed by atoms with Gasteiger partial charge in [0, 0.05) is 25.9 Å². The molecule has 0 radical (unpaired) electrons. The molecule has 2 heteroatoms. The van der Waals surface area contributed by atoms with E-state index in [2.05, 4.69) is 48.7 Å². The molecule has 0 bridgehead atoms. The van der Waals surface area contributed by atoms with Crippen LogP contribution in [-0.4, -0.2) is 6.26 Å². The lowest BCUT2D eigenvalue weighted by Gasteiger charge is -1.99. The lowest BCUT2D eigenvalue weighted by Crippen LogP contribution is -1.78. The third-order valence-electron chi connectivity index (χ3n) is 2.79. The Balaban J connectivity index is 2.39. The van der Waals surface area contributed by atoms with Crippen molar-refractivity contribution in [2.45, 2.75) is 5.75 Å². The molecule has 0 N–H and O–H groups in total. The van der Waals surface area contributed by atoms with E-state index in [0.717, 1.165) is 5.75 Å². The highest BCUT2D eigenvalue weighted by Crippen LogP contribution is 2.36. The summed E-state index contributed by atoms with van der Waals surface area (Å²) < 4.78 is 2.85. The van der Waals surface area contributed by atoms with Crippen LogP contribution >= 0.6 is 23.1 Å². The van der Waals surface area contributed by atoms with E-state index in [4.69, 9.17) is 0 Å². The molecule has 16 heavy (non-hydrogen) atoms. The summed E-state index contributed by atoms with van der Waals surface area (Å²) in [6.45, 7) is 0. The zero-order valence-electron chi connectivity index (χ0n) is 9.07. The van der Waals surface area contributed by atoms with Crippen LogP contribution in [0.2, 0.25) is 0 Å². The molecule has 0 nitrogen and oxygen atoms in total. The maximum Gasteiger partial charge on any atom is 0.0395 e. The molecule has 1 heterocycles. The van der Waals surface area contributed by atoms with Gasteiger partial charge in [0.25, 0.3) is 0 Å². The lowest BCUT2D eigenvalue weighted by molar-refractivity contribution is 1.49. The molecule has 2 aromatic carbocycles. The smallest absolute Gasteiger partial charge is 0.0395 e. The first-order valence-corrected chi connectivity index (χ1v) is 7.49. The molecule has 0 amide bonds. The Kier molecular flexibility index (Phi) is 2.62. The van der Waals surface area contributed by atoms with Gasteiger partial charge < -0.3 is 0 Å². The van der Waals surface area contributed by atoms with Crippen molar-refractivity contribution in [1.29, 1.82) is 0 Å². The number of rotatable bonds is 2. The summed E-state index contributed by atoms with van der Waals surface area (Å²) in [7, 11) is 0. The SMILES string of the molecule is CSCc1cccc2c1sc1ccccc12. The van der Waals surface area contributed by atoms with Crippen LogP contribution < -0.4 is 0 Å². The Labute approximate surface area is 103 Å². The Morgan fingerprint density at radius 3 is 2.69 bits per heavy atom. The minimum absolute atomic E-state index is 1.10. The Hall–Kier alpha value is -0.990. The zero-order valence-corrected chi connectivity index (χ0v) is 10.7. The van der Waals surface area contributed by atoms with E-state index < -0.39 is 0 Å². The third-order valence-corrected chi connectivity index (χ3v) is 4.65. The molecule has 0 aliphatic heterocycles. The molecule has 0 aliphatic carbocycles. The summed E-state index contributed by atoms with van der Waals surface area (Å²) in [5.41, 5.74) is 1.46. The van der Waals surface area contributed by atoms with Crippen LogP contribution in [0, 0.1) is 0 Å². The van der Waals surface area contributed by atoms with Crippen LogP contribution in [0.25, 0.3) is 20.2 Å². The molecule has 0 atom stereocenters. The molecular weight excluding hydrogens is 232 g/mol. The molecule has 0 spiro atoms. The molecular formula is C14H12S2. The molecule has 0 fully saturated rings. The van der Waals surface area contributed by atoms with Crippen molar-refractivity contribution < 1.29 is 0 Å². The van der Waals surface area contributed by atoms with Crippen LogP contribution in [0.4, 0.5) is 0 Å². The van der Waals surface area contributed by atoms with E-state index in [0.29, 0.717) is 0 Å². The van der Waals surface area contributed by atoms with Gasteiger partial charge in [-0.2, -0.15) is 11.8 Å². The fourth-order valence-electron chi connectivity index (χ4n) is 2.07. The first kappa shape index (κ1) is 10.2. The Bertz CT molecular complexity index is 637. The molecule has 0 saturated carbocycles. The predicted molar refractivity (Wildman–Crippen MR) is 76.6 cm³/mol. The van der Waals surface area contributed by atoms with Gasteiger partial charge in [-0.25, -0.2) is 0 Å². The minimum Gasteiger partial charge on any atom is -0.161 e. The average molecular weight is 244 g/mol.